The molecule has 3 N–H and O–H groups in total. The summed E-state index contributed by atoms with van der Waals surface area (Å²) < 4.78 is 0. The molecule has 2 aliphatic heterocycles. The summed E-state index contributed by atoms with van der Waals surface area (Å²) in [4.78, 5) is 39.5. The minimum absolute atomic E-state index is 0.0380. The van der Waals surface area contributed by atoms with Gasteiger partial charge >= 0.3 is 0 Å². The standard InChI is InChI=1S/C24H27N3O4/c28-18-9-7-16(8-10-18)5-6-17-11-13-27(14-12-17)22(29)15-21-24(31)25-20-4-2-1-3-19(20)23(30)26-21/h1-4,7-10,17,21,28H,5-6,11-15H2,(H,25,31)(H,26,30)/t21-/m0/s1. The molecule has 0 aromatic heterocycles. The highest BCUT2D eigenvalue weighted by Gasteiger charge is 2.31. The SMILES string of the molecule is O=C1N[C@@H](CC(=O)N2CCC(CCc3ccc(O)cc3)CC2)C(=O)Nc2ccccc21. The predicted molar refractivity (Wildman–Crippen MR) is 117 cm³/mol. The Kier molecular flexibility index (Phi) is 6.21. The van der Waals surface area contributed by atoms with Gasteiger partial charge in [-0.3, -0.25) is 14.4 Å². The molecular weight excluding hydrogens is 394 g/mol. The summed E-state index contributed by atoms with van der Waals surface area (Å²) in [6.45, 7) is 1.34. The van der Waals surface area contributed by atoms with Gasteiger partial charge in [-0.05, 0) is 61.4 Å². The molecule has 0 radical (unpaired) electrons. The zero-order valence-corrected chi connectivity index (χ0v) is 17.3. The van der Waals surface area contributed by atoms with E-state index in [-0.39, 0.29) is 29.9 Å². The van der Waals surface area contributed by atoms with Gasteiger partial charge in [-0.25, -0.2) is 0 Å². The molecule has 1 atom stereocenters. The van der Waals surface area contributed by atoms with Crippen molar-refractivity contribution in [3.8, 4) is 5.75 Å². The molecule has 31 heavy (non-hydrogen) atoms. The van der Waals surface area contributed by atoms with Crippen LogP contribution in [-0.2, 0) is 16.0 Å². The van der Waals surface area contributed by atoms with Gasteiger partial charge in [0.2, 0.25) is 11.8 Å². The number of rotatable bonds is 5. The van der Waals surface area contributed by atoms with Crippen LogP contribution in [-0.4, -0.2) is 46.9 Å². The van der Waals surface area contributed by atoms with E-state index < -0.39 is 6.04 Å². The lowest BCUT2D eigenvalue weighted by Crippen LogP contribution is -2.47. The number of hydrogen-bond acceptors (Lipinski definition) is 4. The second kappa shape index (κ2) is 9.20. The van der Waals surface area contributed by atoms with Gasteiger partial charge in [0.1, 0.15) is 11.8 Å². The maximum Gasteiger partial charge on any atom is 0.254 e. The molecule has 0 bridgehead atoms. The second-order valence-corrected chi connectivity index (χ2v) is 8.29. The molecule has 2 aromatic carbocycles. The van der Waals surface area contributed by atoms with Crippen molar-refractivity contribution in [2.45, 2.75) is 38.1 Å². The van der Waals surface area contributed by atoms with E-state index in [1.807, 2.05) is 12.1 Å². The molecule has 7 heteroatoms. The number of hydrogen-bond donors (Lipinski definition) is 3. The van der Waals surface area contributed by atoms with Gasteiger partial charge in [-0.1, -0.05) is 24.3 Å². The van der Waals surface area contributed by atoms with Crippen molar-refractivity contribution in [2.75, 3.05) is 18.4 Å². The van der Waals surface area contributed by atoms with Gasteiger partial charge in [0.05, 0.1) is 17.7 Å². The van der Waals surface area contributed by atoms with E-state index in [2.05, 4.69) is 10.6 Å². The molecule has 0 spiro atoms. The maximum absolute atomic E-state index is 12.8. The number of benzene rings is 2. The van der Waals surface area contributed by atoms with E-state index in [0.29, 0.717) is 30.3 Å². The quantitative estimate of drug-likeness (QED) is 0.691. The molecule has 0 saturated carbocycles. The minimum atomic E-state index is -0.875. The molecule has 0 unspecified atom stereocenters. The van der Waals surface area contributed by atoms with Crippen molar-refractivity contribution >= 4 is 23.4 Å². The molecule has 7 nitrogen and oxygen atoms in total. The fourth-order valence-corrected chi connectivity index (χ4v) is 4.26. The van der Waals surface area contributed by atoms with E-state index >= 15 is 0 Å². The van der Waals surface area contributed by atoms with E-state index in [1.165, 1.54) is 5.56 Å². The highest BCUT2D eigenvalue weighted by atomic mass is 16.3. The van der Waals surface area contributed by atoms with E-state index in [0.717, 1.165) is 25.7 Å². The lowest BCUT2D eigenvalue weighted by molar-refractivity contribution is -0.135. The number of carbonyl (C=O) groups excluding carboxylic acids is 3. The number of nitrogens with one attached hydrogen (secondary N) is 2. The zero-order chi connectivity index (χ0) is 21.8. The Bertz CT molecular complexity index is 965. The molecule has 2 aliphatic rings. The van der Waals surface area contributed by atoms with Gasteiger partial charge in [0.25, 0.3) is 5.91 Å². The van der Waals surface area contributed by atoms with Crippen LogP contribution in [0, 0.1) is 5.92 Å². The van der Waals surface area contributed by atoms with Crippen LogP contribution in [0.15, 0.2) is 48.5 Å². The number of amides is 3. The van der Waals surface area contributed by atoms with Crippen LogP contribution in [0.25, 0.3) is 0 Å². The third kappa shape index (κ3) is 5.05. The Balaban J connectivity index is 1.26. The van der Waals surface area contributed by atoms with Crippen LogP contribution in [0.1, 0.15) is 41.6 Å². The molecule has 2 aromatic rings. The average molecular weight is 421 g/mol. The van der Waals surface area contributed by atoms with Gasteiger partial charge in [-0.15, -0.1) is 0 Å². The van der Waals surface area contributed by atoms with Crippen molar-refractivity contribution in [1.29, 1.82) is 0 Å². The summed E-state index contributed by atoms with van der Waals surface area (Å²) in [5.41, 5.74) is 2.07. The predicted octanol–water partition coefficient (Wildman–Crippen LogP) is 2.70. The Morgan fingerprint density at radius 3 is 2.48 bits per heavy atom. The molecule has 0 aliphatic carbocycles. The van der Waals surface area contributed by atoms with Gasteiger partial charge in [-0.2, -0.15) is 0 Å². The normalized spacial score (nSPS) is 19.2. The fourth-order valence-electron chi connectivity index (χ4n) is 4.26. The van der Waals surface area contributed by atoms with Crippen molar-refractivity contribution in [3.63, 3.8) is 0 Å². The van der Waals surface area contributed by atoms with E-state index in [1.54, 1.807) is 41.3 Å². The highest BCUT2D eigenvalue weighted by Crippen LogP contribution is 2.24. The summed E-state index contributed by atoms with van der Waals surface area (Å²) >= 11 is 0. The first kappa shape index (κ1) is 20.9. The van der Waals surface area contributed by atoms with Crippen molar-refractivity contribution in [2.24, 2.45) is 5.92 Å². The Morgan fingerprint density at radius 2 is 1.74 bits per heavy atom. The largest absolute Gasteiger partial charge is 0.508 e. The number of fused-ring (bicyclic) bond motifs is 1. The van der Waals surface area contributed by atoms with E-state index in [4.69, 9.17) is 0 Å². The first-order valence-electron chi connectivity index (χ1n) is 10.8. The second-order valence-electron chi connectivity index (χ2n) is 8.29. The van der Waals surface area contributed by atoms with Crippen molar-refractivity contribution in [3.05, 3.63) is 59.7 Å². The maximum atomic E-state index is 12.8. The fraction of sp³-hybridized carbons (Fsp3) is 0.375. The van der Waals surface area contributed by atoms with Crippen LogP contribution in [0.5, 0.6) is 5.75 Å². The molecule has 1 saturated heterocycles. The smallest absolute Gasteiger partial charge is 0.254 e. The van der Waals surface area contributed by atoms with E-state index in [9.17, 15) is 19.5 Å². The zero-order valence-electron chi connectivity index (χ0n) is 17.3. The van der Waals surface area contributed by atoms with Crippen LogP contribution in [0.2, 0.25) is 0 Å². The molecule has 3 amide bonds. The molecule has 2 heterocycles. The monoisotopic (exact) mass is 421 g/mol. The number of aromatic hydroxyl groups is 1. The molecule has 1 fully saturated rings. The number of anilines is 1. The lowest BCUT2D eigenvalue weighted by Gasteiger charge is -2.33. The lowest BCUT2D eigenvalue weighted by atomic mass is 9.90. The summed E-state index contributed by atoms with van der Waals surface area (Å²) in [7, 11) is 0. The van der Waals surface area contributed by atoms with Gasteiger partial charge in [0.15, 0.2) is 0 Å². The average Bonchev–Trinajstić information content (AvgIpc) is 2.90. The number of phenols is 1. The summed E-state index contributed by atoms with van der Waals surface area (Å²) in [6.07, 6.45) is 3.82. The number of nitrogens with zero attached hydrogens (tertiary/aromatic N) is 1. The molecule has 4 rings (SSSR count). The minimum Gasteiger partial charge on any atom is -0.508 e. The van der Waals surface area contributed by atoms with Crippen LogP contribution < -0.4 is 10.6 Å². The highest BCUT2D eigenvalue weighted by molar-refractivity contribution is 6.10. The van der Waals surface area contributed by atoms with Crippen LogP contribution >= 0.6 is 0 Å². The molecule has 162 valence electrons. The van der Waals surface area contributed by atoms with Gasteiger partial charge in [0, 0.05) is 13.1 Å². The number of phenolic OH excluding ortho intramolecular Hbond substituents is 1. The number of carbonyl (C=O) groups is 3. The third-order valence-electron chi connectivity index (χ3n) is 6.17. The Morgan fingerprint density at radius 1 is 1.03 bits per heavy atom. The van der Waals surface area contributed by atoms with Crippen molar-refractivity contribution < 1.29 is 19.5 Å². The van der Waals surface area contributed by atoms with Crippen LogP contribution in [0.4, 0.5) is 5.69 Å². The summed E-state index contributed by atoms with van der Waals surface area (Å²) in [5.74, 6) is 0.00439. The first-order valence-corrected chi connectivity index (χ1v) is 10.8. The van der Waals surface area contributed by atoms with Crippen LogP contribution in [0.3, 0.4) is 0 Å². The van der Waals surface area contributed by atoms with Gasteiger partial charge < -0.3 is 20.6 Å². The number of para-hydroxylation sites is 1. The Hall–Kier alpha value is -3.35. The number of likely N-dealkylation sites (tertiary alicyclic amines) is 1. The molecular formula is C24H27N3O4. The number of piperidine rings is 1. The topological polar surface area (TPSA) is 98.7 Å². The van der Waals surface area contributed by atoms with Crippen molar-refractivity contribution in [1.82, 2.24) is 10.2 Å². The summed E-state index contributed by atoms with van der Waals surface area (Å²) in [5, 5.41) is 14.8. The number of aryl methyl sites for hydroxylation is 1. The third-order valence-corrected chi connectivity index (χ3v) is 6.17. The first-order chi connectivity index (χ1) is 15.0. The summed E-state index contributed by atoms with van der Waals surface area (Å²) in [6, 6.07) is 13.2. The Labute approximate surface area is 181 Å².